The molecule has 4 aromatic rings. The molecule has 0 aliphatic carbocycles. The Morgan fingerprint density at radius 1 is 1.00 bits per heavy atom. The number of phenols is 1. The minimum absolute atomic E-state index is 0.0867. The molecule has 0 bridgehead atoms. The summed E-state index contributed by atoms with van der Waals surface area (Å²) >= 11 is 0. The van der Waals surface area contributed by atoms with Crippen molar-refractivity contribution in [1.29, 1.82) is 0 Å². The molecule has 1 aliphatic rings. The number of hydrogen-bond donors (Lipinski definition) is 2. The Morgan fingerprint density at radius 2 is 1.74 bits per heavy atom. The van der Waals surface area contributed by atoms with Crippen molar-refractivity contribution >= 4 is 5.91 Å². The summed E-state index contributed by atoms with van der Waals surface area (Å²) in [5.74, 6) is 0.851. The topological polar surface area (TPSA) is 78.5 Å². The van der Waals surface area contributed by atoms with Crippen LogP contribution in [0.2, 0.25) is 0 Å². The van der Waals surface area contributed by atoms with Crippen LogP contribution < -0.4 is 4.74 Å². The van der Waals surface area contributed by atoms with E-state index in [-0.39, 0.29) is 17.7 Å². The Morgan fingerprint density at radius 3 is 2.47 bits per heavy atom. The van der Waals surface area contributed by atoms with Crippen LogP contribution in [0.15, 0.2) is 78.9 Å². The van der Waals surface area contributed by atoms with Gasteiger partial charge >= 0.3 is 0 Å². The van der Waals surface area contributed by atoms with Crippen molar-refractivity contribution in [2.75, 3.05) is 13.2 Å². The highest BCUT2D eigenvalue weighted by atomic mass is 16.5. The lowest BCUT2D eigenvalue weighted by Gasteiger charge is -2.26. The molecule has 0 saturated heterocycles. The molecule has 2 N–H and O–H groups in total. The van der Waals surface area contributed by atoms with Gasteiger partial charge in [-0.3, -0.25) is 9.89 Å². The second-order valence-corrected chi connectivity index (χ2v) is 8.43. The van der Waals surface area contributed by atoms with Crippen LogP contribution in [0.5, 0.6) is 11.5 Å². The van der Waals surface area contributed by atoms with Gasteiger partial charge in [0.1, 0.15) is 22.9 Å². The number of hydrogen-bond acceptors (Lipinski definition) is 4. The fraction of sp³-hybridized carbons (Fsp3) is 0.214. The molecule has 0 saturated carbocycles. The number of carbonyl (C=O) groups is 1. The van der Waals surface area contributed by atoms with Gasteiger partial charge in [-0.05, 0) is 48.2 Å². The molecule has 6 nitrogen and oxygen atoms in total. The van der Waals surface area contributed by atoms with Crippen LogP contribution in [0.3, 0.4) is 0 Å². The van der Waals surface area contributed by atoms with Crippen LogP contribution in [0.25, 0.3) is 11.3 Å². The predicted molar refractivity (Wildman–Crippen MR) is 131 cm³/mol. The van der Waals surface area contributed by atoms with E-state index in [0.29, 0.717) is 30.1 Å². The van der Waals surface area contributed by atoms with Gasteiger partial charge in [0.05, 0.1) is 12.6 Å². The monoisotopic (exact) mass is 453 g/mol. The Hall–Kier alpha value is -4.06. The quantitative estimate of drug-likeness (QED) is 0.377. The van der Waals surface area contributed by atoms with Gasteiger partial charge in [0.2, 0.25) is 0 Å². The molecule has 5 rings (SSSR count). The molecule has 34 heavy (non-hydrogen) atoms. The fourth-order valence-electron chi connectivity index (χ4n) is 4.51. The molecule has 0 fully saturated rings. The third-order valence-corrected chi connectivity index (χ3v) is 6.18. The largest absolute Gasteiger partial charge is 0.507 e. The molecule has 2 heterocycles. The van der Waals surface area contributed by atoms with Gasteiger partial charge in [-0.1, -0.05) is 61.5 Å². The first-order chi connectivity index (χ1) is 16.7. The van der Waals surface area contributed by atoms with Gasteiger partial charge in [-0.15, -0.1) is 0 Å². The van der Waals surface area contributed by atoms with Crippen LogP contribution in [-0.4, -0.2) is 39.3 Å². The summed E-state index contributed by atoms with van der Waals surface area (Å²) in [5.41, 5.74) is 4.61. The highest BCUT2D eigenvalue weighted by Crippen LogP contribution is 2.44. The van der Waals surface area contributed by atoms with Crippen LogP contribution in [-0.2, 0) is 6.42 Å². The number of rotatable bonds is 8. The number of carbonyl (C=O) groups excluding carboxylic acids is 1. The predicted octanol–water partition coefficient (Wildman–Crippen LogP) is 5.36. The summed E-state index contributed by atoms with van der Waals surface area (Å²) in [7, 11) is 0. The number of para-hydroxylation sites is 1. The van der Waals surface area contributed by atoms with Crippen LogP contribution in [0.1, 0.15) is 46.6 Å². The molecule has 3 aromatic carbocycles. The van der Waals surface area contributed by atoms with E-state index < -0.39 is 0 Å². The average Bonchev–Trinajstić information content (AvgIpc) is 3.41. The highest BCUT2D eigenvalue weighted by Gasteiger charge is 2.42. The van der Waals surface area contributed by atoms with Crippen LogP contribution in [0.4, 0.5) is 0 Å². The SMILES string of the molecule is CCCOc1ccc([C@@H]2c3c(-c4ccccc4O)n[nH]c3C(=O)N2CCc2ccccc2)cc1. The first-order valence-corrected chi connectivity index (χ1v) is 11.6. The number of fused-ring (bicyclic) bond motifs is 1. The van der Waals surface area contributed by atoms with Gasteiger partial charge < -0.3 is 14.7 Å². The minimum atomic E-state index is -0.320. The van der Waals surface area contributed by atoms with Crippen molar-refractivity contribution in [3.63, 3.8) is 0 Å². The summed E-state index contributed by atoms with van der Waals surface area (Å²) in [4.78, 5) is 15.4. The molecule has 1 aliphatic heterocycles. The van der Waals surface area contributed by atoms with E-state index in [2.05, 4.69) is 29.3 Å². The molecule has 1 amide bonds. The number of amides is 1. The molecule has 1 atom stereocenters. The second-order valence-electron chi connectivity index (χ2n) is 8.43. The number of aromatic hydroxyl groups is 1. The maximum absolute atomic E-state index is 13.5. The molecular weight excluding hydrogens is 426 g/mol. The van der Waals surface area contributed by atoms with Gasteiger partial charge in [-0.2, -0.15) is 5.10 Å². The molecule has 0 unspecified atom stereocenters. The van der Waals surface area contributed by atoms with Gasteiger partial charge in [0.25, 0.3) is 5.91 Å². The van der Waals surface area contributed by atoms with Crippen molar-refractivity contribution in [2.24, 2.45) is 0 Å². The Balaban J connectivity index is 1.55. The van der Waals surface area contributed by atoms with Crippen molar-refractivity contribution in [1.82, 2.24) is 15.1 Å². The number of nitrogens with one attached hydrogen (secondary N) is 1. The summed E-state index contributed by atoms with van der Waals surface area (Å²) in [6.07, 6.45) is 1.68. The Labute approximate surface area is 198 Å². The minimum Gasteiger partial charge on any atom is -0.507 e. The standard InChI is InChI=1S/C28H27N3O3/c1-2-18-34-21-14-12-20(13-15-21)27-24-25(22-10-6-7-11-23(22)32)29-30-26(24)28(33)31(27)17-16-19-8-4-3-5-9-19/h3-15,27,32H,2,16-18H2,1H3,(H,29,30)/t27-/m1/s1. The zero-order chi connectivity index (χ0) is 23.5. The molecule has 1 aromatic heterocycles. The normalized spacial score (nSPS) is 14.9. The molecule has 172 valence electrons. The maximum Gasteiger partial charge on any atom is 0.273 e. The number of H-pyrrole nitrogens is 1. The summed E-state index contributed by atoms with van der Waals surface area (Å²) in [6.45, 7) is 3.29. The van der Waals surface area contributed by atoms with E-state index >= 15 is 0 Å². The first kappa shape index (κ1) is 21.8. The molecule has 6 heteroatoms. The zero-order valence-electron chi connectivity index (χ0n) is 19.1. The molecule has 0 radical (unpaired) electrons. The summed E-state index contributed by atoms with van der Waals surface area (Å²) in [6, 6.07) is 24.8. The lowest BCUT2D eigenvalue weighted by Crippen LogP contribution is -2.31. The van der Waals surface area contributed by atoms with Crippen LogP contribution in [0, 0.1) is 0 Å². The highest BCUT2D eigenvalue weighted by molar-refractivity contribution is 6.00. The first-order valence-electron chi connectivity index (χ1n) is 11.6. The molecular formula is C28H27N3O3. The van der Waals surface area contributed by atoms with E-state index in [9.17, 15) is 9.90 Å². The van der Waals surface area contributed by atoms with Gasteiger partial charge in [0, 0.05) is 17.7 Å². The van der Waals surface area contributed by atoms with Crippen molar-refractivity contribution < 1.29 is 14.6 Å². The zero-order valence-corrected chi connectivity index (χ0v) is 19.1. The summed E-state index contributed by atoms with van der Waals surface area (Å²) in [5, 5.41) is 17.9. The maximum atomic E-state index is 13.5. The van der Waals surface area contributed by atoms with E-state index in [1.54, 1.807) is 12.1 Å². The lowest BCUT2D eigenvalue weighted by molar-refractivity contribution is 0.0746. The van der Waals surface area contributed by atoms with E-state index in [1.807, 2.05) is 59.5 Å². The molecule has 0 spiro atoms. The van der Waals surface area contributed by atoms with Crippen molar-refractivity contribution in [2.45, 2.75) is 25.8 Å². The second kappa shape index (κ2) is 9.43. The fourth-order valence-corrected chi connectivity index (χ4v) is 4.51. The number of aromatic nitrogens is 2. The van der Waals surface area contributed by atoms with Gasteiger partial charge in [-0.25, -0.2) is 0 Å². The number of benzene rings is 3. The number of aromatic amines is 1. The van der Waals surface area contributed by atoms with Gasteiger partial charge in [0.15, 0.2) is 0 Å². The lowest BCUT2D eigenvalue weighted by atomic mass is 9.95. The summed E-state index contributed by atoms with van der Waals surface area (Å²) < 4.78 is 5.76. The van der Waals surface area contributed by atoms with Crippen molar-refractivity contribution in [3.8, 4) is 22.8 Å². The third-order valence-electron chi connectivity index (χ3n) is 6.18. The van der Waals surface area contributed by atoms with Crippen molar-refractivity contribution in [3.05, 3.63) is 101 Å². The number of nitrogens with zero attached hydrogens (tertiary/aromatic N) is 2. The van der Waals surface area contributed by atoms with E-state index in [1.165, 1.54) is 5.56 Å². The Kier molecular flexibility index (Phi) is 6.04. The number of ether oxygens (including phenoxy) is 1. The average molecular weight is 454 g/mol. The number of phenolic OH excluding ortho intramolecular Hbond substituents is 1. The van der Waals surface area contributed by atoms with E-state index in [4.69, 9.17) is 4.74 Å². The van der Waals surface area contributed by atoms with Crippen LogP contribution >= 0.6 is 0 Å². The van der Waals surface area contributed by atoms with E-state index in [0.717, 1.165) is 29.7 Å². The smallest absolute Gasteiger partial charge is 0.273 e. The Bertz CT molecular complexity index is 1280. The third kappa shape index (κ3) is 4.03.